The summed E-state index contributed by atoms with van der Waals surface area (Å²) in [5.41, 5.74) is 8.23. The first-order valence-electron chi connectivity index (χ1n) is 10.7. The summed E-state index contributed by atoms with van der Waals surface area (Å²) >= 11 is 6.09. The van der Waals surface area contributed by atoms with E-state index in [1.54, 1.807) is 19.1 Å². The lowest BCUT2D eigenvalue weighted by Crippen LogP contribution is -2.27. The number of aromatic nitrogens is 1. The van der Waals surface area contributed by atoms with Gasteiger partial charge in [0.2, 0.25) is 5.91 Å². The number of ether oxygens (including phenoxy) is 1. The van der Waals surface area contributed by atoms with E-state index in [2.05, 4.69) is 20.5 Å². The molecule has 7 nitrogen and oxygen atoms in total. The van der Waals surface area contributed by atoms with Gasteiger partial charge >= 0.3 is 0 Å². The van der Waals surface area contributed by atoms with Crippen molar-refractivity contribution in [3.8, 4) is 17.0 Å². The number of hydrogen-bond donors (Lipinski definition) is 3. The van der Waals surface area contributed by atoms with E-state index in [0.717, 1.165) is 13.0 Å². The first-order valence-corrected chi connectivity index (χ1v) is 11.1. The zero-order chi connectivity index (χ0) is 24.0. The number of carbonyl (C=O) groups is 1. The SMILES string of the molecule is C/C(=C\C(=C/N)c1cc(-c2cc(Cl)ccc2F)nc2c1OCCN2)C(=O)NCCCN(C)C. The number of pyridine rings is 1. The lowest BCUT2D eigenvalue weighted by Gasteiger charge is -2.23. The third-order valence-electron chi connectivity index (χ3n) is 5.11. The van der Waals surface area contributed by atoms with Gasteiger partial charge in [-0.15, -0.1) is 0 Å². The summed E-state index contributed by atoms with van der Waals surface area (Å²) in [5.74, 6) is 0.346. The Balaban J connectivity index is 1.95. The number of fused-ring (bicyclic) bond motifs is 1. The largest absolute Gasteiger partial charge is 0.487 e. The smallest absolute Gasteiger partial charge is 0.246 e. The Labute approximate surface area is 198 Å². The molecule has 1 aliphatic rings. The molecule has 1 amide bonds. The van der Waals surface area contributed by atoms with Crippen LogP contribution in [0.1, 0.15) is 18.9 Å². The third kappa shape index (κ3) is 6.24. The molecule has 0 bridgehead atoms. The fourth-order valence-electron chi connectivity index (χ4n) is 3.42. The first-order chi connectivity index (χ1) is 15.8. The van der Waals surface area contributed by atoms with Gasteiger partial charge in [-0.05, 0) is 64.3 Å². The maximum absolute atomic E-state index is 14.6. The minimum absolute atomic E-state index is 0.184. The maximum atomic E-state index is 14.6. The lowest BCUT2D eigenvalue weighted by atomic mass is 10.00. The van der Waals surface area contributed by atoms with E-state index in [4.69, 9.17) is 22.1 Å². The van der Waals surface area contributed by atoms with Crippen molar-refractivity contribution in [1.82, 2.24) is 15.2 Å². The number of nitrogens with one attached hydrogen (secondary N) is 2. The highest BCUT2D eigenvalue weighted by atomic mass is 35.5. The summed E-state index contributed by atoms with van der Waals surface area (Å²) in [6, 6.07) is 5.99. The molecule has 2 heterocycles. The molecule has 0 saturated carbocycles. The highest BCUT2D eigenvalue weighted by molar-refractivity contribution is 6.30. The number of benzene rings is 1. The fraction of sp³-hybridized carbons (Fsp3) is 0.333. The van der Waals surface area contributed by atoms with Crippen LogP contribution >= 0.6 is 11.6 Å². The van der Waals surface area contributed by atoms with E-state index < -0.39 is 5.82 Å². The van der Waals surface area contributed by atoms with Crippen molar-refractivity contribution in [2.24, 2.45) is 5.73 Å². The number of amides is 1. The van der Waals surface area contributed by atoms with Crippen molar-refractivity contribution in [2.75, 3.05) is 45.7 Å². The average molecular weight is 474 g/mol. The lowest BCUT2D eigenvalue weighted by molar-refractivity contribution is -0.117. The van der Waals surface area contributed by atoms with Gasteiger partial charge in [-0.3, -0.25) is 4.79 Å². The minimum Gasteiger partial charge on any atom is -0.487 e. The number of carbonyl (C=O) groups excluding carboxylic acids is 1. The van der Waals surface area contributed by atoms with Crippen LogP contribution < -0.4 is 21.1 Å². The van der Waals surface area contributed by atoms with E-state index in [9.17, 15) is 9.18 Å². The van der Waals surface area contributed by atoms with Crippen LogP contribution in [-0.4, -0.2) is 56.1 Å². The van der Waals surface area contributed by atoms with Gasteiger partial charge in [0.15, 0.2) is 11.6 Å². The molecule has 0 atom stereocenters. The van der Waals surface area contributed by atoms with Gasteiger partial charge in [-0.2, -0.15) is 0 Å². The van der Waals surface area contributed by atoms with Crippen molar-refractivity contribution in [3.63, 3.8) is 0 Å². The normalized spacial score (nSPS) is 13.9. The minimum atomic E-state index is -0.448. The molecular formula is C24H29ClFN5O2. The van der Waals surface area contributed by atoms with Gasteiger partial charge in [0, 0.05) is 40.0 Å². The summed E-state index contributed by atoms with van der Waals surface area (Å²) in [4.78, 5) is 19.1. The Bertz CT molecular complexity index is 1080. The molecule has 1 aromatic heterocycles. The predicted octanol–water partition coefficient (Wildman–Crippen LogP) is 3.66. The Morgan fingerprint density at radius 1 is 1.39 bits per heavy atom. The molecule has 33 heavy (non-hydrogen) atoms. The van der Waals surface area contributed by atoms with Crippen LogP contribution in [0, 0.1) is 5.82 Å². The number of allylic oxidation sites excluding steroid dienone is 2. The summed E-state index contributed by atoms with van der Waals surface area (Å²) < 4.78 is 20.4. The fourth-order valence-corrected chi connectivity index (χ4v) is 3.59. The number of hydrogen-bond acceptors (Lipinski definition) is 6. The maximum Gasteiger partial charge on any atom is 0.246 e. The third-order valence-corrected chi connectivity index (χ3v) is 5.34. The Morgan fingerprint density at radius 3 is 2.91 bits per heavy atom. The summed E-state index contributed by atoms with van der Waals surface area (Å²) in [6.45, 7) is 4.18. The van der Waals surface area contributed by atoms with Crippen LogP contribution in [0.2, 0.25) is 5.02 Å². The second kappa shape index (κ2) is 11.2. The molecule has 176 valence electrons. The molecule has 0 fully saturated rings. The number of halogens is 2. The van der Waals surface area contributed by atoms with E-state index in [0.29, 0.717) is 58.7 Å². The molecule has 0 aliphatic carbocycles. The van der Waals surface area contributed by atoms with Gasteiger partial charge in [-0.1, -0.05) is 11.6 Å². The summed E-state index contributed by atoms with van der Waals surface area (Å²) in [5, 5.41) is 6.49. The molecule has 0 spiro atoms. The van der Waals surface area contributed by atoms with Gasteiger partial charge < -0.3 is 26.0 Å². The van der Waals surface area contributed by atoms with Crippen molar-refractivity contribution in [3.05, 3.63) is 58.5 Å². The summed E-state index contributed by atoms with van der Waals surface area (Å²) in [7, 11) is 3.97. The van der Waals surface area contributed by atoms with Crippen LogP contribution in [0.15, 0.2) is 42.1 Å². The predicted molar refractivity (Wildman–Crippen MR) is 131 cm³/mol. The van der Waals surface area contributed by atoms with Crippen LogP contribution in [0.3, 0.4) is 0 Å². The molecule has 3 rings (SSSR count). The summed E-state index contributed by atoms with van der Waals surface area (Å²) in [6.07, 6.45) is 3.93. The molecule has 0 radical (unpaired) electrons. The van der Waals surface area contributed by atoms with Gasteiger partial charge in [0.05, 0.1) is 12.2 Å². The van der Waals surface area contributed by atoms with Gasteiger partial charge in [0.25, 0.3) is 0 Å². The Hall–Kier alpha value is -3.10. The van der Waals surface area contributed by atoms with E-state index in [-0.39, 0.29) is 11.5 Å². The van der Waals surface area contributed by atoms with E-state index in [1.807, 2.05) is 14.1 Å². The zero-order valence-corrected chi connectivity index (χ0v) is 19.8. The monoisotopic (exact) mass is 473 g/mol. The van der Waals surface area contributed by atoms with Crippen LogP contribution in [0.5, 0.6) is 5.75 Å². The van der Waals surface area contributed by atoms with Crippen LogP contribution in [0.4, 0.5) is 10.2 Å². The second-order valence-electron chi connectivity index (χ2n) is 7.99. The molecule has 0 unspecified atom stereocenters. The van der Waals surface area contributed by atoms with Crippen molar-refractivity contribution in [1.29, 1.82) is 0 Å². The topological polar surface area (TPSA) is 92.5 Å². The molecule has 2 aromatic rings. The van der Waals surface area contributed by atoms with Crippen LogP contribution in [0.25, 0.3) is 16.8 Å². The van der Waals surface area contributed by atoms with Crippen molar-refractivity contribution >= 4 is 28.9 Å². The Morgan fingerprint density at radius 2 is 2.18 bits per heavy atom. The van der Waals surface area contributed by atoms with Crippen molar-refractivity contribution in [2.45, 2.75) is 13.3 Å². The standard InChI is InChI=1S/C24H29ClFN5O2/c1-15(24(32)29-7-4-9-31(2)3)11-16(14-27)18-13-21(19-12-17(25)5-6-20(19)26)30-23-22(18)33-10-8-28-23/h5-6,11-14H,4,7-10,27H2,1-3H3,(H,28,30)(H,29,32)/b15-11+,16-14+. The molecule has 4 N–H and O–H groups in total. The molecule has 1 aromatic carbocycles. The quantitative estimate of drug-likeness (QED) is 0.308. The van der Waals surface area contributed by atoms with E-state index in [1.165, 1.54) is 24.4 Å². The molecule has 1 aliphatic heterocycles. The molecule has 0 saturated heterocycles. The highest BCUT2D eigenvalue weighted by Crippen LogP contribution is 2.38. The van der Waals surface area contributed by atoms with Gasteiger partial charge in [0.1, 0.15) is 12.4 Å². The number of anilines is 1. The van der Waals surface area contributed by atoms with Crippen LogP contribution in [-0.2, 0) is 4.79 Å². The number of rotatable bonds is 8. The molecular weight excluding hydrogens is 445 g/mol. The van der Waals surface area contributed by atoms with E-state index >= 15 is 0 Å². The Kier molecular flexibility index (Phi) is 8.30. The second-order valence-corrected chi connectivity index (χ2v) is 8.43. The average Bonchev–Trinajstić information content (AvgIpc) is 2.80. The number of nitrogens with zero attached hydrogens (tertiary/aromatic N) is 2. The van der Waals surface area contributed by atoms with Gasteiger partial charge in [-0.25, -0.2) is 9.37 Å². The molecule has 9 heteroatoms. The number of nitrogens with two attached hydrogens (primary N) is 1. The van der Waals surface area contributed by atoms with Crippen molar-refractivity contribution < 1.29 is 13.9 Å². The highest BCUT2D eigenvalue weighted by Gasteiger charge is 2.22. The zero-order valence-electron chi connectivity index (χ0n) is 19.0. The first kappa shape index (κ1) is 24.5.